The quantitative estimate of drug-likeness (QED) is 0.455. The van der Waals surface area contributed by atoms with Crippen LogP contribution in [0, 0.1) is 34.9 Å². The van der Waals surface area contributed by atoms with Gasteiger partial charge in [0.25, 0.3) is 0 Å². The van der Waals surface area contributed by atoms with E-state index in [0.717, 1.165) is 60.9 Å². The molecule has 0 saturated heterocycles. The highest BCUT2D eigenvalue weighted by atomic mass is 32.3. The van der Waals surface area contributed by atoms with Crippen LogP contribution in [0.5, 0.6) is 0 Å². The molecule has 3 rings (SSSR count). The number of hydrogen-bond donors (Lipinski definition) is 0. The summed E-state index contributed by atoms with van der Waals surface area (Å²) < 4.78 is 87.2. The topological polar surface area (TPSA) is 0 Å². The minimum atomic E-state index is -3.61. The fourth-order valence-corrected chi connectivity index (χ4v) is 6.28. The van der Waals surface area contributed by atoms with Crippen molar-refractivity contribution in [1.29, 1.82) is 0 Å². The van der Waals surface area contributed by atoms with Crippen LogP contribution in [-0.2, 0) is 0 Å². The SMILES string of the molecule is CS(c1c(F)cccc1F)(c1c(F)cccc1F)c1c(F)cccc1F. The first kappa shape index (κ1) is 18.4. The van der Waals surface area contributed by atoms with Crippen LogP contribution in [0.25, 0.3) is 0 Å². The Morgan fingerprint density at radius 2 is 0.654 bits per heavy atom. The molecule has 0 amide bonds. The third kappa shape index (κ3) is 2.76. The van der Waals surface area contributed by atoms with Crippen molar-refractivity contribution in [3.8, 4) is 0 Å². The van der Waals surface area contributed by atoms with E-state index in [2.05, 4.69) is 0 Å². The fourth-order valence-electron chi connectivity index (χ4n) is 2.92. The third-order valence-electron chi connectivity index (χ3n) is 3.98. The summed E-state index contributed by atoms with van der Waals surface area (Å²) in [5, 5.41) is 0. The van der Waals surface area contributed by atoms with Crippen LogP contribution >= 0.6 is 10.0 Å². The third-order valence-corrected chi connectivity index (χ3v) is 7.60. The van der Waals surface area contributed by atoms with Crippen LogP contribution in [0.15, 0.2) is 69.3 Å². The lowest BCUT2D eigenvalue weighted by Crippen LogP contribution is -2.13. The monoisotopic (exact) mass is 386 g/mol. The second-order valence-corrected chi connectivity index (χ2v) is 8.63. The van der Waals surface area contributed by atoms with Crippen molar-refractivity contribution in [2.75, 3.05) is 6.26 Å². The molecule has 26 heavy (non-hydrogen) atoms. The minimum Gasteiger partial charge on any atom is -0.206 e. The van der Waals surface area contributed by atoms with E-state index in [1.54, 1.807) is 0 Å². The maximum absolute atomic E-state index is 14.5. The maximum Gasteiger partial charge on any atom is 0.138 e. The molecule has 0 radical (unpaired) electrons. The molecule has 0 N–H and O–H groups in total. The van der Waals surface area contributed by atoms with Gasteiger partial charge >= 0.3 is 0 Å². The summed E-state index contributed by atoms with van der Waals surface area (Å²) in [5.74, 6) is -6.87. The van der Waals surface area contributed by atoms with E-state index in [0.29, 0.717) is 0 Å². The molecule has 0 unspecified atom stereocenters. The molecule has 0 aliphatic heterocycles. The second-order valence-electron chi connectivity index (χ2n) is 5.57. The molecular weight excluding hydrogens is 374 g/mol. The lowest BCUT2D eigenvalue weighted by Gasteiger charge is -2.38. The summed E-state index contributed by atoms with van der Waals surface area (Å²) in [6, 6.07) is 8.43. The predicted molar refractivity (Wildman–Crippen MR) is 87.4 cm³/mol. The number of benzene rings is 3. The molecule has 3 aromatic carbocycles. The molecule has 0 saturated carbocycles. The fraction of sp³-hybridized carbons (Fsp3) is 0.0526. The van der Waals surface area contributed by atoms with Crippen molar-refractivity contribution in [1.82, 2.24) is 0 Å². The van der Waals surface area contributed by atoms with Gasteiger partial charge in [0.1, 0.15) is 34.9 Å². The molecule has 0 bridgehead atoms. The molecule has 0 nitrogen and oxygen atoms in total. The highest BCUT2D eigenvalue weighted by Gasteiger charge is 2.39. The smallest absolute Gasteiger partial charge is 0.138 e. The van der Waals surface area contributed by atoms with E-state index in [1.165, 1.54) is 0 Å². The van der Waals surface area contributed by atoms with Crippen molar-refractivity contribution in [2.45, 2.75) is 14.7 Å². The molecule has 0 spiro atoms. The lowest BCUT2D eigenvalue weighted by molar-refractivity contribution is 0.516. The summed E-state index contributed by atoms with van der Waals surface area (Å²) in [7, 11) is -3.61. The number of hydrogen-bond acceptors (Lipinski definition) is 0. The molecular formula is C19H12F6S. The highest BCUT2D eigenvalue weighted by molar-refractivity contribution is 8.33. The van der Waals surface area contributed by atoms with Crippen LogP contribution in [0.3, 0.4) is 0 Å². The van der Waals surface area contributed by atoms with Gasteiger partial charge in [-0.1, -0.05) is 18.2 Å². The first-order valence-electron chi connectivity index (χ1n) is 7.39. The zero-order valence-electron chi connectivity index (χ0n) is 13.4. The predicted octanol–water partition coefficient (Wildman–Crippen LogP) is 6.43. The molecule has 7 heteroatoms. The number of rotatable bonds is 3. The summed E-state index contributed by atoms with van der Waals surface area (Å²) in [6.45, 7) is 0. The van der Waals surface area contributed by atoms with Crippen LogP contribution in [0.2, 0.25) is 0 Å². The van der Waals surface area contributed by atoms with Crippen molar-refractivity contribution >= 4 is 10.0 Å². The van der Waals surface area contributed by atoms with Crippen molar-refractivity contribution in [2.24, 2.45) is 0 Å². The molecule has 0 aromatic heterocycles. The molecule has 0 atom stereocenters. The van der Waals surface area contributed by atoms with Crippen LogP contribution < -0.4 is 0 Å². The first-order valence-corrected chi connectivity index (χ1v) is 9.43. The highest BCUT2D eigenvalue weighted by Crippen LogP contribution is 2.69. The Morgan fingerprint density at radius 1 is 0.462 bits per heavy atom. The summed E-state index contributed by atoms with van der Waals surface area (Å²) in [6.07, 6.45) is 1.07. The van der Waals surface area contributed by atoms with E-state index in [-0.39, 0.29) is 0 Å². The molecule has 0 fully saturated rings. The minimum absolute atomic E-state index is 0.770. The zero-order chi connectivity index (χ0) is 19.1. The Balaban J connectivity index is 2.53. The summed E-state index contributed by atoms with van der Waals surface area (Å²) in [4.78, 5) is -2.31. The van der Waals surface area contributed by atoms with E-state index in [4.69, 9.17) is 0 Å². The molecule has 0 heterocycles. The van der Waals surface area contributed by atoms with Crippen LogP contribution in [-0.4, -0.2) is 6.26 Å². The van der Waals surface area contributed by atoms with E-state index >= 15 is 0 Å². The van der Waals surface area contributed by atoms with Crippen molar-refractivity contribution in [3.63, 3.8) is 0 Å². The van der Waals surface area contributed by atoms with Gasteiger partial charge < -0.3 is 0 Å². The van der Waals surface area contributed by atoms with Crippen molar-refractivity contribution < 1.29 is 26.3 Å². The second kappa shape index (κ2) is 6.72. The average Bonchev–Trinajstić information content (AvgIpc) is 2.54. The largest absolute Gasteiger partial charge is 0.206 e. The molecule has 0 aliphatic carbocycles. The number of halogens is 6. The van der Waals surface area contributed by atoms with Gasteiger partial charge in [-0.05, 0) is 42.7 Å². The lowest BCUT2D eigenvalue weighted by atomic mass is 10.3. The summed E-state index contributed by atoms with van der Waals surface area (Å²) in [5.41, 5.74) is 0. The van der Waals surface area contributed by atoms with Crippen LogP contribution in [0.1, 0.15) is 0 Å². The Kier molecular flexibility index (Phi) is 4.75. The first-order chi connectivity index (χ1) is 12.3. The molecule has 3 aromatic rings. The van der Waals surface area contributed by atoms with Gasteiger partial charge in [-0.25, -0.2) is 26.3 Å². The van der Waals surface area contributed by atoms with Gasteiger partial charge in [0.2, 0.25) is 0 Å². The molecule has 136 valence electrons. The van der Waals surface area contributed by atoms with Crippen molar-refractivity contribution in [3.05, 3.63) is 89.5 Å². The van der Waals surface area contributed by atoms with E-state index in [1.807, 2.05) is 0 Å². The van der Waals surface area contributed by atoms with E-state index < -0.39 is 59.6 Å². The van der Waals surface area contributed by atoms with Gasteiger partial charge in [0.05, 0.1) is 14.7 Å². The van der Waals surface area contributed by atoms with Gasteiger partial charge in [0, 0.05) is 0 Å². The molecule has 0 aliphatic rings. The van der Waals surface area contributed by atoms with Gasteiger partial charge in [0.15, 0.2) is 0 Å². The van der Waals surface area contributed by atoms with Gasteiger partial charge in [-0.15, -0.1) is 10.0 Å². The Labute approximate surface area is 147 Å². The zero-order valence-corrected chi connectivity index (χ0v) is 14.2. The Hall–Kier alpha value is -2.41. The van der Waals surface area contributed by atoms with Gasteiger partial charge in [-0.3, -0.25) is 0 Å². The Morgan fingerprint density at radius 3 is 0.846 bits per heavy atom. The maximum atomic E-state index is 14.5. The van der Waals surface area contributed by atoms with Crippen LogP contribution in [0.4, 0.5) is 26.3 Å². The Bertz CT molecular complexity index is 800. The van der Waals surface area contributed by atoms with E-state index in [9.17, 15) is 26.3 Å². The summed E-state index contributed by atoms with van der Waals surface area (Å²) >= 11 is 0. The van der Waals surface area contributed by atoms with Gasteiger partial charge in [-0.2, -0.15) is 0 Å². The standard InChI is InChI=1S/C19H12F6S/c1-26(17-11(20)5-2-6-12(17)21,18-13(22)7-3-8-14(18)23)19-15(24)9-4-10-16(19)25/h2-10H,1H3. The average molecular weight is 386 g/mol. The normalized spacial score (nSPS) is 12.3.